The van der Waals surface area contributed by atoms with Gasteiger partial charge in [0.25, 0.3) is 0 Å². The van der Waals surface area contributed by atoms with Gasteiger partial charge in [-0.2, -0.15) is 13.2 Å². The van der Waals surface area contributed by atoms with E-state index in [2.05, 4.69) is 4.74 Å². The predicted octanol–water partition coefficient (Wildman–Crippen LogP) is 1.41. The van der Waals surface area contributed by atoms with E-state index in [1.54, 1.807) is 0 Å². The molecule has 1 fully saturated rings. The Bertz CT molecular complexity index is 226. The molecule has 0 aromatic heterocycles. The van der Waals surface area contributed by atoms with Gasteiger partial charge in [-0.3, -0.25) is 0 Å². The number of halogens is 3. The first-order chi connectivity index (χ1) is 6.90. The average molecular weight is 227 g/mol. The lowest BCUT2D eigenvalue weighted by Crippen LogP contribution is -2.39. The summed E-state index contributed by atoms with van der Waals surface area (Å²) in [6, 6.07) is -0.189. The third kappa shape index (κ3) is 3.94. The first kappa shape index (κ1) is 12.1. The van der Waals surface area contributed by atoms with Crippen LogP contribution in [0.3, 0.4) is 0 Å². The third-order valence-corrected chi connectivity index (χ3v) is 2.10. The maximum atomic E-state index is 11.7. The fourth-order valence-corrected chi connectivity index (χ4v) is 1.22. The van der Waals surface area contributed by atoms with E-state index in [0.29, 0.717) is 19.6 Å². The Morgan fingerprint density at radius 2 is 2.27 bits per heavy atom. The van der Waals surface area contributed by atoms with E-state index in [-0.39, 0.29) is 6.04 Å². The largest absolute Gasteiger partial charge is 0.440 e. The van der Waals surface area contributed by atoms with Gasteiger partial charge >= 0.3 is 12.3 Å². The molecule has 0 radical (unpaired) electrons. The molecule has 88 valence electrons. The van der Waals surface area contributed by atoms with Crippen molar-refractivity contribution in [1.82, 2.24) is 4.90 Å². The molecular formula is C8H12F3NO3. The number of rotatable bonds is 2. The van der Waals surface area contributed by atoms with Gasteiger partial charge < -0.3 is 14.4 Å². The molecule has 0 aliphatic carbocycles. The molecule has 1 aliphatic heterocycles. The molecular weight excluding hydrogens is 215 g/mol. The number of carbonyl (C=O) groups excluding carboxylic acids is 1. The van der Waals surface area contributed by atoms with E-state index in [9.17, 15) is 18.0 Å². The molecule has 1 unspecified atom stereocenters. The number of carbonyl (C=O) groups is 1. The van der Waals surface area contributed by atoms with E-state index in [0.717, 1.165) is 4.90 Å². The lowest BCUT2D eigenvalue weighted by Gasteiger charge is -2.22. The number of alkyl halides is 3. The highest BCUT2D eigenvalue weighted by Gasteiger charge is 2.32. The number of hydrogen-bond acceptors (Lipinski definition) is 3. The van der Waals surface area contributed by atoms with Crippen molar-refractivity contribution in [3.05, 3.63) is 0 Å². The summed E-state index contributed by atoms with van der Waals surface area (Å²) in [5.41, 5.74) is 0. The molecule has 1 saturated heterocycles. The molecule has 7 heteroatoms. The van der Waals surface area contributed by atoms with Gasteiger partial charge in [0.05, 0.1) is 12.6 Å². The van der Waals surface area contributed by atoms with E-state index in [1.165, 1.54) is 7.05 Å². The summed E-state index contributed by atoms with van der Waals surface area (Å²) < 4.78 is 44.3. The molecule has 1 aliphatic rings. The molecule has 0 bridgehead atoms. The number of amides is 1. The highest BCUT2D eigenvalue weighted by atomic mass is 19.4. The number of likely N-dealkylation sites (N-methyl/N-ethyl adjacent to an activating group) is 1. The lowest BCUT2D eigenvalue weighted by atomic mass is 10.2. The van der Waals surface area contributed by atoms with Crippen LogP contribution in [0, 0.1) is 0 Å². The standard InChI is InChI=1S/C8H12F3NO3/c1-12(6-2-3-14-4-6)7(13)15-5-8(9,10)11/h6H,2-5H2,1H3. The molecule has 1 atom stereocenters. The predicted molar refractivity (Wildman–Crippen MR) is 44.4 cm³/mol. The summed E-state index contributed by atoms with van der Waals surface area (Å²) in [7, 11) is 1.40. The second kappa shape index (κ2) is 4.69. The van der Waals surface area contributed by atoms with Crippen LogP contribution in [0.5, 0.6) is 0 Å². The van der Waals surface area contributed by atoms with Crippen molar-refractivity contribution in [2.45, 2.75) is 18.6 Å². The van der Waals surface area contributed by atoms with E-state index >= 15 is 0 Å². The summed E-state index contributed by atoms with van der Waals surface area (Å²) in [5.74, 6) is 0. The summed E-state index contributed by atoms with van der Waals surface area (Å²) >= 11 is 0. The second-order valence-electron chi connectivity index (χ2n) is 3.30. The van der Waals surface area contributed by atoms with Gasteiger partial charge in [-0.15, -0.1) is 0 Å². The summed E-state index contributed by atoms with van der Waals surface area (Å²) in [6.07, 6.45) is -4.83. The van der Waals surface area contributed by atoms with Gasteiger partial charge in [0.1, 0.15) is 0 Å². The Balaban J connectivity index is 2.32. The van der Waals surface area contributed by atoms with Crippen molar-refractivity contribution in [1.29, 1.82) is 0 Å². The smallest absolute Gasteiger partial charge is 0.422 e. The Hall–Kier alpha value is -0.980. The lowest BCUT2D eigenvalue weighted by molar-refractivity contribution is -0.162. The number of nitrogens with zero attached hydrogens (tertiary/aromatic N) is 1. The highest BCUT2D eigenvalue weighted by Crippen LogP contribution is 2.16. The van der Waals surface area contributed by atoms with Gasteiger partial charge in [-0.25, -0.2) is 4.79 Å². The van der Waals surface area contributed by atoms with Crippen LogP contribution in [-0.2, 0) is 9.47 Å². The Kier molecular flexibility index (Phi) is 3.78. The van der Waals surface area contributed by atoms with Crippen LogP contribution in [0.2, 0.25) is 0 Å². The number of hydrogen-bond donors (Lipinski definition) is 0. The fraction of sp³-hybridized carbons (Fsp3) is 0.875. The third-order valence-electron chi connectivity index (χ3n) is 2.10. The first-order valence-corrected chi connectivity index (χ1v) is 4.44. The Morgan fingerprint density at radius 3 is 2.73 bits per heavy atom. The highest BCUT2D eigenvalue weighted by molar-refractivity contribution is 5.67. The van der Waals surface area contributed by atoms with Crippen LogP contribution < -0.4 is 0 Å². The van der Waals surface area contributed by atoms with Crippen molar-refractivity contribution >= 4 is 6.09 Å². The molecule has 0 spiro atoms. The minimum absolute atomic E-state index is 0.189. The zero-order valence-corrected chi connectivity index (χ0v) is 8.21. The maximum absolute atomic E-state index is 11.7. The Labute approximate surface area is 84.9 Å². The van der Waals surface area contributed by atoms with Crippen molar-refractivity contribution in [3.63, 3.8) is 0 Å². The van der Waals surface area contributed by atoms with Gasteiger partial charge in [0, 0.05) is 13.7 Å². The summed E-state index contributed by atoms with van der Waals surface area (Å²) in [4.78, 5) is 12.3. The van der Waals surface area contributed by atoms with Crippen LogP contribution >= 0.6 is 0 Å². The topological polar surface area (TPSA) is 38.8 Å². The fourth-order valence-electron chi connectivity index (χ4n) is 1.22. The minimum Gasteiger partial charge on any atom is -0.440 e. The van der Waals surface area contributed by atoms with Gasteiger partial charge in [0.15, 0.2) is 6.61 Å². The van der Waals surface area contributed by atoms with Crippen molar-refractivity contribution in [3.8, 4) is 0 Å². The second-order valence-corrected chi connectivity index (χ2v) is 3.30. The molecule has 0 aromatic rings. The quantitative estimate of drug-likeness (QED) is 0.715. The Morgan fingerprint density at radius 1 is 1.60 bits per heavy atom. The van der Waals surface area contributed by atoms with Gasteiger partial charge in [-0.1, -0.05) is 0 Å². The molecule has 4 nitrogen and oxygen atoms in total. The van der Waals surface area contributed by atoms with Crippen molar-refractivity contribution in [2.75, 3.05) is 26.9 Å². The van der Waals surface area contributed by atoms with Crippen molar-refractivity contribution in [2.24, 2.45) is 0 Å². The zero-order valence-electron chi connectivity index (χ0n) is 8.21. The van der Waals surface area contributed by atoms with E-state index in [4.69, 9.17) is 4.74 Å². The molecule has 0 saturated carbocycles. The molecule has 0 aromatic carbocycles. The maximum Gasteiger partial charge on any atom is 0.422 e. The average Bonchev–Trinajstić information content (AvgIpc) is 2.64. The minimum atomic E-state index is -4.48. The van der Waals surface area contributed by atoms with Crippen LogP contribution in [0.1, 0.15) is 6.42 Å². The van der Waals surface area contributed by atoms with Crippen molar-refractivity contribution < 1.29 is 27.4 Å². The van der Waals surface area contributed by atoms with Crippen LogP contribution in [-0.4, -0.2) is 50.1 Å². The molecule has 1 heterocycles. The SMILES string of the molecule is CN(C(=O)OCC(F)(F)F)C1CCOC1. The molecule has 15 heavy (non-hydrogen) atoms. The van der Waals surface area contributed by atoms with E-state index in [1.807, 2.05) is 0 Å². The van der Waals surface area contributed by atoms with Crippen LogP contribution in [0.15, 0.2) is 0 Å². The normalized spacial score (nSPS) is 21.5. The molecule has 1 rings (SSSR count). The molecule has 0 N–H and O–H groups in total. The van der Waals surface area contributed by atoms with Gasteiger partial charge in [-0.05, 0) is 6.42 Å². The first-order valence-electron chi connectivity index (χ1n) is 4.44. The van der Waals surface area contributed by atoms with E-state index < -0.39 is 18.9 Å². The van der Waals surface area contributed by atoms with Crippen LogP contribution in [0.4, 0.5) is 18.0 Å². The zero-order chi connectivity index (χ0) is 11.5. The monoisotopic (exact) mass is 227 g/mol. The molecule has 1 amide bonds. The van der Waals surface area contributed by atoms with Crippen LogP contribution in [0.25, 0.3) is 0 Å². The summed E-state index contributed by atoms with van der Waals surface area (Å²) in [5, 5.41) is 0. The van der Waals surface area contributed by atoms with Gasteiger partial charge in [0.2, 0.25) is 0 Å². The number of ether oxygens (including phenoxy) is 2. The summed E-state index contributed by atoms with van der Waals surface area (Å²) in [6.45, 7) is -0.692.